The summed E-state index contributed by atoms with van der Waals surface area (Å²) in [4.78, 5) is 0. The molecule has 0 aliphatic carbocycles. The fourth-order valence-corrected chi connectivity index (χ4v) is 0.429. The van der Waals surface area contributed by atoms with Gasteiger partial charge in [0, 0.05) is 12.8 Å². The minimum atomic E-state index is 0.697. The topological polar surface area (TPSA) is 0 Å². The van der Waals surface area contributed by atoms with Crippen molar-refractivity contribution in [3.63, 3.8) is 0 Å². The van der Waals surface area contributed by atoms with E-state index in [-0.39, 0.29) is 0 Å². The molecule has 0 aromatic carbocycles. The molecule has 0 bridgehead atoms. The van der Waals surface area contributed by atoms with Gasteiger partial charge in [-0.2, -0.15) is 0 Å². The van der Waals surface area contributed by atoms with Crippen molar-refractivity contribution in [1.82, 2.24) is 0 Å². The molecular formula is C12H9. The van der Waals surface area contributed by atoms with Crippen molar-refractivity contribution in [2.24, 2.45) is 0 Å². The third-order valence-corrected chi connectivity index (χ3v) is 0.900. The lowest BCUT2D eigenvalue weighted by Crippen LogP contribution is -1.65. The summed E-state index contributed by atoms with van der Waals surface area (Å²) < 4.78 is 0. The Hall–Kier alpha value is -1.76. The van der Waals surface area contributed by atoms with Crippen LogP contribution in [0, 0.1) is 54.3 Å². The Morgan fingerprint density at radius 1 is 1.17 bits per heavy atom. The number of rotatable bonds is 1. The van der Waals surface area contributed by atoms with Crippen LogP contribution in [0.25, 0.3) is 0 Å². The van der Waals surface area contributed by atoms with Gasteiger partial charge in [-0.05, 0) is 18.8 Å². The Balaban J connectivity index is 3.53. The van der Waals surface area contributed by atoms with Crippen molar-refractivity contribution in [1.29, 1.82) is 0 Å². The van der Waals surface area contributed by atoms with Gasteiger partial charge in [0.2, 0.25) is 0 Å². The molecule has 12 heavy (non-hydrogen) atoms. The molecule has 0 unspecified atom stereocenters. The van der Waals surface area contributed by atoms with Gasteiger partial charge < -0.3 is 0 Å². The summed E-state index contributed by atoms with van der Waals surface area (Å²) in [6, 6.07) is 0. The lowest BCUT2D eigenvalue weighted by Gasteiger charge is -1.74. The molecule has 0 aliphatic heterocycles. The number of unbranched alkanes of at least 4 members (excludes halogenated alkanes) is 1. The van der Waals surface area contributed by atoms with Crippen molar-refractivity contribution < 1.29 is 0 Å². The first kappa shape index (κ1) is 10.2. The highest BCUT2D eigenvalue weighted by Crippen LogP contribution is 1.81. The third-order valence-electron chi connectivity index (χ3n) is 0.900. The Bertz CT molecular complexity index is 320. The Morgan fingerprint density at radius 3 is 2.67 bits per heavy atom. The highest BCUT2D eigenvalue weighted by Gasteiger charge is 1.71. The molecule has 0 N–H and O–H groups in total. The van der Waals surface area contributed by atoms with Gasteiger partial charge in [0.1, 0.15) is 6.42 Å². The van der Waals surface area contributed by atoms with Crippen LogP contribution >= 0.6 is 0 Å². The van der Waals surface area contributed by atoms with Gasteiger partial charge in [-0.15, -0.1) is 18.3 Å². The first-order chi connectivity index (χ1) is 5.91. The Kier molecular flexibility index (Phi) is 7.88. The van der Waals surface area contributed by atoms with Crippen LogP contribution in [0.2, 0.25) is 0 Å². The van der Waals surface area contributed by atoms with E-state index in [0.717, 1.165) is 6.42 Å². The fraction of sp³-hybridized carbons (Fsp3) is 0.250. The monoisotopic (exact) mass is 153 g/mol. The van der Waals surface area contributed by atoms with Crippen LogP contribution in [0.5, 0.6) is 0 Å². The summed E-state index contributed by atoms with van der Waals surface area (Å²) in [5.74, 6) is 18.7. The van der Waals surface area contributed by atoms with E-state index in [1.54, 1.807) is 13.3 Å². The molecule has 1 radical (unpaired) electrons. The molecule has 0 amide bonds. The summed E-state index contributed by atoms with van der Waals surface area (Å²) in [6.45, 7) is 1.74. The quantitative estimate of drug-likeness (QED) is 0.397. The van der Waals surface area contributed by atoms with Gasteiger partial charge >= 0.3 is 0 Å². The maximum Gasteiger partial charge on any atom is 0.107 e. The number of terminal acetylenes is 1. The van der Waals surface area contributed by atoms with Crippen LogP contribution in [0.15, 0.2) is 0 Å². The molecule has 0 nitrogen and oxygen atoms in total. The van der Waals surface area contributed by atoms with Gasteiger partial charge in [0.25, 0.3) is 0 Å². The molecule has 0 atom stereocenters. The van der Waals surface area contributed by atoms with Crippen molar-refractivity contribution in [2.75, 3.05) is 0 Å². The van der Waals surface area contributed by atoms with Crippen LogP contribution in [-0.2, 0) is 0 Å². The molecule has 0 fully saturated rings. The average Bonchev–Trinajstić information content (AvgIpc) is 2.10. The Morgan fingerprint density at radius 2 is 2.00 bits per heavy atom. The summed E-state index contributed by atoms with van der Waals surface area (Å²) in [7, 11) is 0. The molecule has 57 valence electrons. The fourth-order valence-electron chi connectivity index (χ4n) is 0.429. The second-order valence-electron chi connectivity index (χ2n) is 1.81. The SMILES string of the molecule is C#CCCC#C[CH]C#CC#CC. The molecule has 0 rings (SSSR count). The maximum atomic E-state index is 5.03. The lowest BCUT2D eigenvalue weighted by atomic mass is 10.3. The van der Waals surface area contributed by atoms with Gasteiger partial charge in [-0.3, -0.25) is 0 Å². The van der Waals surface area contributed by atoms with E-state index in [4.69, 9.17) is 6.42 Å². The van der Waals surface area contributed by atoms with Crippen molar-refractivity contribution in [3.05, 3.63) is 6.42 Å². The zero-order valence-corrected chi connectivity index (χ0v) is 7.07. The van der Waals surface area contributed by atoms with Crippen LogP contribution in [0.4, 0.5) is 0 Å². The largest absolute Gasteiger partial charge is 0.120 e. The van der Waals surface area contributed by atoms with Gasteiger partial charge in [0.15, 0.2) is 0 Å². The second kappa shape index (κ2) is 9.24. The predicted octanol–water partition coefficient (Wildman–Crippen LogP) is 1.63. The van der Waals surface area contributed by atoms with Crippen LogP contribution in [-0.4, -0.2) is 0 Å². The second-order valence-corrected chi connectivity index (χ2v) is 1.81. The van der Waals surface area contributed by atoms with Gasteiger partial charge in [-0.1, -0.05) is 17.8 Å². The normalized spacial score (nSPS) is 5.67. The van der Waals surface area contributed by atoms with Crippen molar-refractivity contribution in [3.8, 4) is 47.9 Å². The molecule has 0 heteroatoms. The van der Waals surface area contributed by atoms with E-state index in [0.29, 0.717) is 6.42 Å². The maximum absolute atomic E-state index is 5.03. The van der Waals surface area contributed by atoms with Gasteiger partial charge in [-0.25, -0.2) is 0 Å². The minimum Gasteiger partial charge on any atom is -0.120 e. The molecule has 0 aromatic rings. The molecular weight excluding hydrogens is 144 g/mol. The third kappa shape index (κ3) is 8.24. The van der Waals surface area contributed by atoms with Crippen LogP contribution in [0.1, 0.15) is 19.8 Å². The summed E-state index contributed by atoms with van der Waals surface area (Å²) in [5, 5.41) is 0. The van der Waals surface area contributed by atoms with E-state index >= 15 is 0 Å². The minimum absolute atomic E-state index is 0.697. The molecule has 0 saturated carbocycles. The first-order valence-corrected chi connectivity index (χ1v) is 3.57. The predicted molar refractivity (Wildman–Crippen MR) is 51.4 cm³/mol. The van der Waals surface area contributed by atoms with Crippen molar-refractivity contribution >= 4 is 0 Å². The smallest absolute Gasteiger partial charge is 0.107 e. The standard InChI is InChI=1S/C12H9/c1-3-5-7-9-11-12-10-8-6-4-2/h1,12H,5,7H2,2H3. The summed E-state index contributed by atoms with van der Waals surface area (Å²) >= 11 is 0. The van der Waals surface area contributed by atoms with E-state index in [9.17, 15) is 0 Å². The van der Waals surface area contributed by atoms with Crippen molar-refractivity contribution in [2.45, 2.75) is 19.8 Å². The van der Waals surface area contributed by atoms with E-state index in [1.807, 2.05) is 0 Å². The number of hydrogen-bond acceptors (Lipinski definition) is 0. The van der Waals surface area contributed by atoms with Crippen LogP contribution < -0.4 is 0 Å². The molecule has 0 heterocycles. The van der Waals surface area contributed by atoms with Gasteiger partial charge in [0.05, 0.1) is 0 Å². The number of hydrogen-bond donors (Lipinski definition) is 0. The Labute approximate surface area is 74.8 Å². The molecule has 0 aliphatic rings. The van der Waals surface area contributed by atoms with E-state index < -0.39 is 0 Å². The zero-order chi connectivity index (χ0) is 9.07. The first-order valence-electron chi connectivity index (χ1n) is 3.57. The average molecular weight is 153 g/mol. The van der Waals surface area contributed by atoms with E-state index in [2.05, 4.69) is 41.4 Å². The molecule has 0 saturated heterocycles. The summed E-state index contributed by atoms with van der Waals surface area (Å²) in [6.07, 6.45) is 8.05. The summed E-state index contributed by atoms with van der Waals surface area (Å²) in [5.41, 5.74) is 0. The molecule has 0 spiro atoms. The highest BCUT2D eigenvalue weighted by atomic mass is 13.7. The van der Waals surface area contributed by atoms with E-state index in [1.165, 1.54) is 0 Å². The van der Waals surface area contributed by atoms with Crippen LogP contribution in [0.3, 0.4) is 0 Å². The molecule has 0 aromatic heterocycles. The highest BCUT2D eigenvalue weighted by molar-refractivity contribution is 5.33. The lowest BCUT2D eigenvalue weighted by molar-refractivity contribution is 1.12. The zero-order valence-electron chi connectivity index (χ0n) is 7.07.